The average molecular weight is 452 g/mol. The molecule has 0 aliphatic carbocycles. The van der Waals surface area contributed by atoms with Crippen molar-refractivity contribution in [3.8, 4) is 5.75 Å². The van der Waals surface area contributed by atoms with Crippen LogP contribution in [0.2, 0.25) is 0 Å². The molecule has 4 rings (SSSR count). The molecule has 1 N–H and O–H groups in total. The highest BCUT2D eigenvalue weighted by Gasteiger charge is 2.38. The zero-order chi connectivity index (χ0) is 23.2. The maximum Gasteiger partial charge on any atom is 0.324 e. The quantitative estimate of drug-likeness (QED) is 0.623. The lowest BCUT2D eigenvalue weighted by Crippen LogP contribution is -2.43. The van der Waals surface area contributed by atoms with Crippen LogP contribution in [0, 0.1) is 0 Å². The van der Waals surface area contributed by atoms with Crippen LogP contribution in [0.5, 0.6) is 5.75 Å². The standard InChI is InChI=1S/C25H29N3O5/c1-32-20-9-7-18(8-10-20)13-14-28-24(30)21(26-25(28)31)11-12-23(29)27-15-16-33-22(17-27)19-5-3-2-4-6-19/h2-10,21-22H,11-17H2,1H3,(H,26,31)/t21-,22-/m0/s1. The summed E-state index contributed by atoms with van der Waals surface area (Å²) in [5.41, 5.74) is 2.05. The van der Waals surface area contributed by atoms with Gasteiger partial charge in [0.25, 0.3) is 5.91 Å². The Bertz CT molecular complexity index is 979. The number of carbonyl (C=O) groups excluding carboxylic acids is 3. The lowest BCUT2D eigenvalue weighted by Gasteiger charge is -2.33. The summed E-state index contributed by atoms with van der Waals surface area (Å²) >= 11 is 0. The lowest BCUT2D eigenvalue weighted by molar-refractivity contribution is -0.139. The van der Waals surface area contributed by atoms with Gasteiger partial charge >= 0.3 is 6.03 Å². The number of nitrogens with zero attached hydrogens (tertiary/aromatic N) is 2. The van der Waals surface area contributed by atoms with E-state index in [1.54, 1.807) is 12.0 Å². The van der Waals surface area contributed by atoms with Gasteiger partial charge in [-0.05, 0) is 36.1 Å². The Labute approximate surface area is 193 Å². The van der Waals surface area contributed by atoms with Gasteiger partial charge in [-0.25, -0.2) is 4.79 Å². The summed E-state index contributed by atoms with van der Waals surface area (Å²) in [7, 11) is 1.60. The minimum absolute atomic E-state index is 0.0297. The highest BCUT2D eigenvalue weighted by molar-refractivity contribution is 6.04. The van der Waals surface area contributed by atoms with E-state index < -0.39 is 12.1 Å². The number of rotatable bonds is 8. The molecule has 0 spiro atoms. The molecule has 0 saturated carbocycles. The second-order valence-electron chi connectivity index (χ2n) is 8.24. The van der Waals surface area contributed by atoms with E-state index in [-0.39, 0.29) is 30.8 Å². The molecule has 2 fully saturated rings. The highest BCUT2D eigenvalue weighted by atomic mass is 16.5. The van der Waals surface area contributed by atoms with Crippen molar-refractivity contribution < 1.29 is 23.9 Å². The SMILES string of the molecule is COc1ccc(CCN2C(=O)N[C@@H](CCC(=O)N3CCO[C@H](c4ccccc4)C3)C2=O)cc1. The first-order valence-corrected chi connectivity index (χ1v) is 11.2. The molecular weight excluding hydrogens is 422 g/mol. The molecule has 174 valence electrons. The van der Waals surface area contributed by atoms with E-state index in [0.29, 0.717) is 32.7 Å². The summed E-state index contributed by atoms with van der Waals surface area (Å²) in [5, 5.41) is 2.72. The van der Waals surface area contributed by atoms with Crippen LogP contribution in [0.3, 0.4) is 0 Å². The smallest absolute Gasteiger partial charge is 0.324 e. The van der Waals surface area contributed by atoms with Crippen molar-refractivity contribution in [2.24, 2.45) is 0 Å². The van der Waals surface area contributed by atoms with Gasteiger partial charge in [-0.15, -0.1) is 0 Å². The molecule has 2 atom stereocenters. The maximum absolute atomic E-state index is 12.8. The van der Waals surface area contributed by atoms with Crippen LogP contribution in [0.15, 0.2) is 54.6 Å². The Hall–Kier alpha value is -3.39. The summed E-state index contributed by atoms with van der Waals surface area (Å²) in [6, 6.07) is 16.3. The Morgan fingerprint density at radius 3 is 2.61 bits per heavy atom. The van der Waals surface area contributed by atoms with Gasteiger partial charge < -0.3 is 19.7 Å². The number of hydrogen-bond donors (Lipinski definition) is 1. The van der Waals surface area contributed by atoms with Crippen LogP contribution in [0.1, 0.15) is 30.1 Å². The topological polar surface area (TPSA) is 88.2 Å². The van der Waals surface area contributed by atoms with Crippen LogP contribution in [0.4, 0.5) is 4.79 Å². The average Bonchev–Trinajstić information content (AvgIpc) is 3.14. The van der Waals surface area contributed by atoms with E-state index in [9.17, 15) is 14.4 Å². The molecular formula is C25H29N3O5. The van der Waals surface area contributed by atoms with E-state index in [1.807, 2.05) is 54.6 Å². The highest BCUT2D eigenvalue weighted by Crippen LogP contribution is 2.23. The van der Waals surface area contributed by atoms with E-state index in [1.165, 1.54) is 4.90 Å². The summed E-state index contributed by atoms with van der Waals surface area (Å²) in [4.78, 5) is 40.9. The van der Waals surface area contributed by atoms with Gasteiger partial charge in [0, 0.05) is 19.5 Å². The van der Waals surface area contributed by atoms with Gasteiger partial charge in [-0.1, -0.05) is 42.5 Å². The number of nitrogens with one attached hydrogen (secondary N) is 1. The molecule has 4 amide bonds. The van der Waals surface area contributed by atoms with Crippen molar-refractivity contribution in [2.45, 2.75) is 31.4 Å². The third-order valence-electron chi connectivity index (χ3n) is 6.13. The van der Waals surface area contributed by atoms with Gasteiger partial charge in [0.1, 0.15) is 17.9 Å². The molecule has 2 aromatic carbocycles. The van der Waals surface area contributed by atoms with E-state index in [2.05, 4.69) is 5.32 Å². The van der Waals surface area contributed by atoms with Gasteiger partial charge in [0.05, 0.1) is 20.3 Å². The number of hydrogen-bond acceptors (Lipinski definition) is 5. The van der Waals surface area contributed by atoms with Crippen molar-refractivity contribution in [3.05, 3.63) is 65.7 Å². The first-order valence-electron chi connectivity index (χ1n) is 11.2. The van der Waals surface area contributed by atoms with E-state index in [0.717, 1.165) is 16.9 Å². The number of benzene rings is 2. The minimum Gasteiger partial charge on any atom is -0.497 e. The molecule has 2 aromatic rings. The number of amides is 4. The number of methoxy groups -OCH3 is 1. The Kier molecular flexibility index (Phi) is 7.24. The third kappa shape index (κ3) is 5.51. The first-order chi connectivity index (χ1) is 16.0. The molecule has 2 aliphatic rings. The zero-order valence-electron chi connectivity index (χ0n) is 18.7. The van der Waals surface area contributed by atoms with E-state index in [4.69, 9.17) is 9.47 Å². The Balaban J connectivity index is 1.26. The molecule has 2 aliphatic heterocycles. The Morgan fingerprint density at radius 2 is 1.88 bits per heavy atom. The van der Waals surface area contributed by atoms with E-state index >= 15 is 0 Å². The van der Waals surface area contributed by atoms with Crippen molar-refractivity contribution in [2.75, 3.05) is 33.4 Å². The molecule has 8 nitrogen and oxygen atoms in total. The fraction of sp³-hybridized carbons (Fsp3) is 0.400. The molecule has 0 aromatic heterocycles. The van der Waals surface area contributed by atoms with Crippen LogP contribution in [-0.4, -0.2) is 67.0 Å². The van der Waals surface area contributed by atoms with Crippen molar-refractivity contribution in [3.63, 3.8) is 0 Å². The summed E-state index contributed by atoms with van der Waals surface area (Å²) < 4.78 is 11.0. The second-order valence-corrected chi connectivity index (χ2v) is 8.24. The lowest BCUT2D eigenvalue weighted by atomic mass is 10.1. The van der Waals surface area contributed by atoms with Crippen molar-refractivity contribution in [1.29, 1.82) is 0 Å². The number of urea groups is 1. The fourth-order valence-electron chi connectivity index (χ4n) is 4.19. The normalized spacial score (nSPS) is 20.6. The van der Waals surface area contributed by atoms with Gasteiger partial charge in [-0.3, -0.25) is 14.5 Å². The largest absolute Gasteiger partial charge is 0.497 e. The molecule has 0 unspecified atom stereocenters. The minimum atomic E-state index is -0.664. The van der Waals surface area contributed by atoms with Gasteiger partial charge in [0.15, 0.2) is 0 Å². The zero-order valence-corrected chi connectivity index (χ0v) is 18.7. The molecule has 2 saturated heterocycles. The summed E-state index contributed by atoms with van der Waals surface area (Å²) in [6.45, 7) is 1.79. The van der Waals surface area contributed by atoms with Crippen LogP contribution >= 0.6 is 0 Å². The monoisotopic (exact) mass is 451 g/mol. The fourth-order valence-corrected chi connectivity index (χ4v) is 4.19. The van der Waals surface area contributed by atoms with Crippen LogP contribution in [0.25, 0.3) is 0 Å². The number of morpholine rings is 1. The predicted octanol–water partition coefficient (Wildman–Crippen LogP) is 2.54. The molecule has 33 heavy (non-hydrogen) atoms. The molecule has 8 heteroatoms. The predicted molar refractivity (Wildman–Crippen MR) is 122 cm³/mol. The van der Waals surface area contributed by atoms with Crippen molar-refractivity contribution >= 4 is 17.8 Å². The number of ether oxygens (including phenoxy) is 2. The summed E-state index contributed by atoms with van der Waals surface area (Å²) in [5.74, 6) is 0.456. The number of imide groups is 1. The van der Waals surface area contributed by atoms with Gasteiger partial charge in [-0.2, -0.15) is 0 Å². The molecule has 0 bridgehead atoms. The third-order valence-corrected chi connectivity index (χ3v) is 6.13. The molecule has 0 radical (unpaired) electrons. The maximum atomic E-state index is 12.8. The Morgan fingerprint density at radius 1 is 1.12 bits per heavy atom. The van der Waals surface area contributed by atoms with Crippen molar-refractivity contribution in [1.82, 2.24) is 15.1 Å². The number of carbonyl (C=O) groups is 3. The van der Waals surface area contributed by atoms with Gasteiger partial charge in [0.2, 0.25) is 5.91 Å². The van der Waals surface area contributed by atoms with Crippen LogP contribution < -0.4 is 10.1 Å². The van der Waals surface area contributed by atoms with Crippen LogP contribution in [-0.2, 0) is 20.7 Å². The molecule has 2 heterocycles. The summed E-state index contributed by atoms with van der Waals surface area (Å²) in [6.07, 6.45) is 0.897. The first kappa shape index (κ1) is 22.8. The second kappa shape index (κ2) is 10.5.